The summed E-state index contributed by atoms with van der Waals surface area (Å²) in [5, 5.41) is 0.474. The number of rotatable bonds is 5. The highest BCUT2D eigenvalue weighted by atomic mass is 32.2. The molecule has 0 atom stereocenters. The fourth-order valence-corrected chi connectivity index (χ4v) is 4.74. The van der Waals surface area contributed by atoms with Crippen LogP contribution in [0.15, 0.2) is 90.0 Å². The van der Waals surface area contributed by atoms with Crippen molar-refractivity contribution in [3.05, 3.63) is 102 Å². The molecule has 0 saturated carbocycles. The molecule has 0 radical (unpaired) electrons. The van der Waals surface area contributed by atoms with Crippen LogP contribution in [0.2, 0.25) is 0 Å². The van der Waals surface area contributed by atoms with Crippen LogP contribution in [0.1, 0.15) is 26.3 Å². The summed E-state index contributed by atoms with van der Waals surface area (Å²) in [5.41, 5.74) is 0.818. The van der Waals surface area contributed by atoms with Crippen LogP contribution in [0.5, 0.6) is 0 Å². The number of esters is 1. The van der Waals surface area contributed by atoms with Crippen LogP contribution in [0.3, 0.4) is 0 Å². The smallest absolute Gasteiger partial charge is 0.338 e. The van der Waals surface area contributed by atoms with Crippen molar-refractivity contribution in [1.29, 1.82) is 0 Å². The monoisotopic (exact) mass is 419 g/mol. The molecule has 1 aromatic heterocycles. The van der Waals surface area contributed by atoms with Gasteiger partial charge in [-0.1, -0.05) is 54.6 Å². The summed E-state index contributed by atoms with van der Waals surface area (Å²) < 4.78 is 32.3. The van der Waals surface area contributed by atoms with Gasteiger partial charge in [-0.3, -0.25) is 4.79 Å². The predicted octanol–water partition coefficient (Wildman–Crippen LogP) is 3.90. The number of hydrogen-bond acceptors (Lipinski definition) is 5. The molecule has 0 aliphatic rings. The quantitative estimate of drug-likeness (QED) is 0.362. The SMILES string of the molecule is COC(=O)c1ccccc1C(=O)c1cn(S(=O)(=O)c2ccccc2)c2ccccc12. The molecule has 0 fully saturated rings. The van der Waals surface area contributed by atoms with Gasteiger partial charge in [0.25, 0.3) is 10.0 Å². The van der Waals surface area contributed by atoms with Crippen LogP contribution < -0.4 is 0 Å². The van der Waals surface area contributed by atoms with E-state index in [-0.39, 0.29) is 21.6 Å². The van der Waals surface area contributed by atoms with E-state index in [0.717, 1.165) is 3.97 Å². The topological polar surface area (TPSA) is 82.4 Å². The van der Waals surface area contributed by atoms with Gasteiger partial charge in [-0.15, -0.1) is 0 Å². The molecule has 1 heterocycles. The number of ketones is 1. The van der Waals surface area contributed by atoms with E-state index in [9.17, 15) is 18.0 Å². The number of benzene rings is 3. The van der Waals surface area contributed by atoms with Crippen molar-refractivity contribution in [3.8, 4) is 0 Å². The summed E-state index contributed by atoms with van der Waals surface area (Å²) in [7, 11) is -2.68. The van der Waals surface area contributed by atoms with E-state index in [1.807, 2.05) is 0 Å². The number of para-hydroxylation sites is 1. The number of methoxy groups -OCH3 is 1. The fraction of sp³-hybridized carbons (Fsp3) is 0.0435. The van der Waals surface area contributed by atoms with Gasteiger partial charge < -0.3 is 4.74 Å². The number of aromatic nitrogens is 1. The molecular weight excluding hydrogens is 402 g/mol. The molecule has 0 saturated heterocycles. The molecule has 0 aliphatic heterocycles. The van der Waals surface area contributed by atoms with E-state index in [4.69, 9.17) is 4.74 Å². The Morgan fingerprint density at radius 1 is 0.767 bits per heavy atom. The summed E-state index contributed by atoms with van der Waals surface area (Å²) in [6, 6.07) is 21.0. The van der Waals surface area contributed by atoms with E-state index < -0.39 is 21.8 Å². The third kappa shape index (κ3) is 3.19. The van der Waals surface area contributed by atoms with Crippen LogP contribution in [0, 0.1) is 0 Å². The average Bonchev–Trinajstić information content (AvgIpc) is 3.19. The highest BCUT2D eigenvalue weighted by Crippen LogP contribution is 2.28. The minimum absolute atomic E-state index is 0.111. The molecular formula is C23H17NO5S. The van der Waals surface area contributed by atoms with E-state index in [0.29, 0.717) is 10.9 Å². The third-order valence-corrected chi connectivity index (χ3v) is 6.49. The van der Waals surface area contributed by atoms with Gasteiger partial charge >= 0.3 is 5.97 Å². The van der Waals surface area contributed by atoms with E-state index in [1.54, 1.807) is 54.6 Å². The summed E-state index contributed by atoms with van der Waals surface area (Å²) in [4.78, 5) is 25.6. The Labute approximate surface area is 173 Å². The average molecular weight is 419 g/mol. The van der Waals surface area contributed by atoms with E-state index in [1.165, 1.54) is 37.6 Å². The van der Waals surface area contributed by atoms with Gasteiger partial charge in [0, 0.05) is 22.7 Å². The first-order valence-electron chi connectivity index (χ1n) is 9.08. The highest BCUT2D eigenvalue weighted by Gasteiger charge is 2.26. The van der Waals surface area contributed by atoms with Crippen LogP contribution >= 0.6 is 0 Å². The summed E-state index contributed by atoms with van der Waals surface area (Å²) >= 11 is 0. The lowest BCUT2D eigenvalue weighted by Crippen LogP contribution is -2.13. The Bertz CT molecular complexity index is 1370. The van der Waals surface area contributed by atoms with Gasteiger partial charge in [0.2, 0.25) is 0 Å². The van der Waals surface area contributed by atoms with Crippen molar-refractivity contribution in [2.75, 3.05) is 7.11 Å². The fourth-order valence-electron chi connectivity index (χ4n) is 3.35. The van der Waals surface area contributed by atoms with Crippen LogP contribution in [0.4, 0.5) is 0 Å². The molecule has 4 aromatic rings. The lowest BCUT2D eigenvalue weighted by molar-refractivity contribution is 0.0597. The maximum Gasteiger partial charge on any atom is 0.338 e. The van der Waals surface area contributed by atoms with Gasteiger partial charge in [0.15, 0.2) is 5.78 Å². The summed E-state index contributed by atoms with van der Waals surface area (Å²) in [5.74, 6) is -1.10. The van der Waals surface area contributed by atoms with Crippen molar-refractivity contribution in [2.24, 2.45) is 0 Å². The minimum Gasteiger partial charge on any atom is -0.465 e. The normalized spacial score (nSPS) is 11.4. The molecule has 0 N–H and O–H groups in total. The van der Waals surface area contributed by atoms with Gasteiger partial charge in [-0.2, -0.15) is 0 Å². The number of carbonyl (C=O) groups is 2. The van der Waals surface area contributed by atoms with Gasteiger partial charge in [-0.25, -0.2) is 17.2 Å². The highest BCUT2D eigenvalue weighted by molar-refractivity contribution is 7.90. The Kier molecular flexibility index (Phi) is 4.97. The molecule has 0 aliphatic carbocycles. The zero-order valence-corrected chi connectivity index (χ0v) is 16.8. The number of ether oxygens (including phenoxy) is 1. The molecule has 0 unspecified atom stereocenters. The number of hydrogen-bond donors (Lipinski definition) is 0. The molecule has 6 nitrogen and oxygen atoms in total. The lowest BCUT2D eigenvalue weighted by Gasteiger charge is -2.07. The molecule has 7 heteroatoms. The molecule has 150 valence electrons. The Balaban J connectivity index is 1.93. The molecule has 0 amide bonds. The van der Waals surface area contributed by atoms with Crippen LogP contribution in [0.25, 0.3) is 10.9 Å². The largest absolute Gasteiger partial charge is 0.465 e. The maximum absolute atomic E-state index is 13.4. The Morgan fingerprint density at radius 2 is 1.37 bits per heavy atom. The Hall–Kier alpha value is -3.71. The summed E-state index contributed by atoms with van der Waals surface area (Å²) in [6.07, 6.45) is 1.31. The zero-order valence-electron chi connectivity index (χ0n) is 16.0. The van der Waals surface area contributed by atoms with Crippen molar-refractivity contribution < 1.29 is 22.7 Å². The third-order valence-electron chi connectivity index (χ3n) is 4.80. The number of fused-ring (bicyclic) bond motifs is 1. The molecule has 4 rings (SSSR count). The molecule has 30 heavy (non-hydrogen) atoms. The van der Waals surface area contributed by atoms with E-state index >= 15 is 0 Å². The van der Waals surface area contributed by atoms with Crippen molar-refractivity contribution in [3.63, 3.8) is 0 Å². The minimum atomic E-state index is -3.92. The van der Waals surface area contributed by atoms with Gasteiger partial charge in [0.05, 0.1) is 23.1 Å². The van der Waals surface area contributed by atoms with Gasteiger partial charge in [-0.05, 0) is 24.3 Å². The van der Waals surface area contributed by atoms with Crippen molar-refractivity contribution in [1.82, 2.24) is 3.97 Å². The number of nitrogens with zero attached hydrogens (tertiary/aromatic N) is 1. The van der Waals surface area contributed by atoms with Crippen molar-refractivity contribution in [2.45, 2.75) is 4.90 Å². The predicted molar refractivity (Wildman–Crippen MR) is 112 cm³/mol. The number of carbonyl (C=O) groups excluding carboxylic acids is 2. The van der Waals surface area contributed by atoms with Crippen molar-refractivity contribution >= 4 is 32.7 Å². The Morgan fingerprint density at radius 3 is 2.07 bits per heavy atom. The van der Waals surface area contributed by atoms with E-state index in [2.05, 4.69) is 0 Å². The second kappa shape index (κ2) is 7.61. The lowest BCUT2D eigenvalue weighted by atomic mass is 9.98. The first-order chi connectivity index (χ1) is 14.4. The molecule has 0 spiro atoms. The first-order valence-corrected chi connectivity index (χ1v) is 10.5. The maximum atomic E-state index is 13.4. The second-order valence-corrected chi connectivity index (χ2v) is 8.36. The molecule has 0 bridgehead atoms. The molecule has 3 aromatic carbocycles. The first kappa shape index (κ1) is 19.6. The van der Waals surface area contributed by atoms with Crippen LogP contribution in [-0.2, 0) is 14.8 Å². The summed E-state index contributed by atoms with van der Waals surface area (Å²) in [6.45, 7) is 0. The van der Waals surface area contributed by atoms with Crippen LogP contribution in [-0.4, -0.2) is 31.3 Å². The van der Waals surface area contributed by atoms with Gasteiger partial charge in [0.1, 0.15) is 0 Å². The zero-order chi connectivity index (χ0) is 21.3. The second-order valence-electron chi connectivity index (χ2n) is 6.54. The standard InChI is InChI=1S/C23H17NO5S/c1-29-23(26)19-13-6-5-12-18(19)22(25)20-15-24(21-14-8-7-11-17(20)21)30(27,28)16-9-3-2-4-10-16/h2-15H,1H3.